The summed E-state index contributed by atoms with van der Waals surface area (Å²) in [6.07, 6.45) is 0.701. The third-order valence-electron chi connectivity index (χ3n) is 3.89. The number of aliphatic carboxylic acids is 1. The van der Waals surface area contributed by atoms with Crippen LogP contribution in [0.4, 0.5) is 0 Å². The predicted octanol–water partition coefficient (Wildman–Crippen LogP) is 1.41. The quantitative estimate of drug-likeness (QED) is 0.860. The summed E-state index contributed by atoms with van der Waals surface area (Å²) in [6, 6.07) is 7.01. The summed E-state index contributed by atoms with van der Waals surface area (Å²) in [5.41, 5.74) is 2.06. The Hall–Kier alpha value is -1.88. The Morgan fingerprint density at radius 3 is 2.67 bits per heavy atom. The van der Waals surface area contributed by atoms with Gasteiger partial charge in [0.25, 0.3) is 0 Å². The largest absolute Gasteiger partial charge is 0.480 e. The number of carboxylic acids is 1. The van der Waals surface area contributed by atoms with E-state index in [0.717, 1.165) is 17.7 Å². The van der Waals surface area contributed by atoms with E-state index in [1.807, 2.05) is 38.1 Å². The molecule has 0 fully saturated rings. The van der Waals surface area contributed by atoms with Gasteiger partial charge in [-0.2, -0.15) is 0 Å². The van der Waals surface area contributed by atoms with Crippen LogP contribution >= 0.6 is 0 Å². The van der Waals surface area contributed by atoms with E-state index >= 15 is 0 Å². The topological polar surface area (TPSA) is 69.6 Å². The molecule has 0 radical (unpaired) electrons. The smallest absolute Gasteiger partial charge is 0.326 e. The van der Waals surface area contributed by atoms with Gasteiger partial charge in [-0.25, -0.2) is 4.79 Å². The molecule has 1 aromatic carbocycles. The Bertz CT molecular complexity index is 530. The number of rotatable bonds is 5. The second-order valence-electron chi connectivity index (χ2n) is 5.51. The number of hydrogen-bond donors (Lipinski definition) is 2. The highest BCUT2D eigenvalue weighted by Crippen LogP contribution is 2.24. The fourth-order valence-electron chi connectivity index (χ4n) is 2.81. The lowest BCUT2D eigenvalue weighted by Crippen LogP contribution is -2.49. The molecule has 5 heteroatoms. The van der Waals surface area contributed by atoms with Crippen molar-refractivity contribution in [1.29, 1.82) is 0 Å². The highest BCUT2D eigenvalue weighted by atomic mass is 16.4. The highest BCUT2D eigenvalue weighted by molar-refractivity contribution is 5.84. The van der Waals surface area contributed by atoms with Gasteiger partial charge in [-0.1, -0.05) is 31.2 Å². The first-order valence-electron chi connectivity index (χ1n) is 7.35. The average molecular weight is 290 g/mol. The van der Waals surface area contributed by atoms with Gasteiger partial charge in [0.05, 0.1) is 0 Å². The van der Waals surface area contributed by atoms with Crippen LogP contribution in [0.5, 0.6) is 0 Å². The van der Waals surface area contributed by atoms with E-state index in [2.05, 4.69) is 5.32 Å². The van der Waals surface area contributed by atoms with Crippen molar-refractivity contribution >= 4 is 11.9 Å². The molecule has 1 unspecified atom stereocenters. The lowest BCUT2D eigenvalue weighted by molar-refractivity contribution is -0.151. The number of hydrogen-bond acceptors (Lipinski definition) is 3. The van der Waals surface area contributed by atoms with Crippen LogP contribution in [-0.4, -0.2) is 40.5 Å². The predicted molar refractivity (Wildman–Crippen MR) is 79.9 cm³/mol. The molecular weight excluding hydrogens is 268 g/mol. The van der Waals surface area contributed by atoms with E-state index in [9.17, 15) is 14.7 Å². The first-order valence-corrected chi connectivity index (χ1v) is 7.35. The lowest BCUT2D eigenvalue weighted by Gasteiger charge is -2.35. The Labute approximate surface area is 125 Å². The molecule has 1 aliphatic rings. The monoisotopic (exact) mass is 290 g/mol. The molecular formula is C16H22N2O3. The van der Waals surface area contributed by atoms with Crippen molar-refractivity contribution in [1.82, 2.24) is 10.2 Å². The molecule has 21 heavy (non-hydrogen) atoms. The maximum Gasteiger partial charge on any atom is 0.326 e. The number of fused-ring (bicyclic) bond motifs is 1. The van der Waals surface area contributed by atoms with E-state index in [0.29, 0.717) is 19.4 Å². The molecule has 5 nitrogen and oxygen atoms in total. The summed E-state index contributed by atoms with van der Waals surface area (Å²) < 4.78 is 0. The summed E-state index contributed by atoms with van der Waals surface area (Å²) >= 11 is 0. The normalized spacial score (nSPS) is 19.0. The molecule has 0 aliphatic carbocycles. The van der Waals surface area contributed by atoms with Crippen LogP contribution in [0.3, 0.4) is 0 Å². The summed E-state index contributed by atoms with van der Waals surface area (Å²) in [4.78, 5) is 25.4. The molecule has 0 bridgehead atoms. The second-order valence-corrected chi connectivity index (χ2v) is 5.51. The number of benzene rings is 1. The van der Waals surface area contributed by atoms with Crippen LogP contribution in [0.25, 0.3) is 0 Å². The van der Waals surface area contributed by atoms with Crippen LogP contribution in [0, 0.1) is 0 Å². The van der Waals surface area contributed by atoms with Gasteiger partial charge < -0.3 is 15.3 Å². The van der Waals surface area contributed by atoms with Crippen molar-refractivity contribution in [3.8, 4) is 0 Å². The second kappa shape index (κ2) is 6.72. The van der Waals surface area contributed by atoms with Crippen LogP contribution in [0.2, 0.25) is 0 Å². The fourth-order valence-corrected chi connectivity index (χ4v) is 2.81. The van der Waals surface area contributed by atoms with Gasteiger partial charge in [-0.15, -0.1) is 0 Å². The summed E-state index contributed by atoms with van der Waals surface area (Å²) in [7, 11) is 0. The minimum atomic E-state index is -0.936. The molecule has 1 amide bonds. The number of carboxylic acid groups (broad SMARTS) is 1. The number of carbonyl (C=O) groups is 2. The maximum absolute atomic E-state index is 12.4. The van der Waals surface area contributed by atoms with E-state index in [-0.39, 0.29) is 11.9 Å². The van der Waals surface area contributed by atoms with E-state index in [1.165, 1.54) is 4.90 Å². The molecule has 0 saturated heterocycles. The number of nitrogens with zero attached hydrogens (tertiary/aromatic N) is 1. The molecule has 114 valence electrons. The molecule has 0 aromatic heterocycles. The SMILES string of the molecule is CCNC(C)CC(=O)N1Cc2ccccc2C[C@H]1C(=O)O. The van der Waals surface area contributed by atoms with Crippen molar-refractivity contribution in [2.45, 2.75) is 45.3 Å². The van der Waals surface area contributed by atoms with Gasteiger partial charge in [-0.3, -0.25) is 4.79 Å². The van der Waals surface area contributed by atoms with Crippen molar-refractivity contribution in [2.75, 3.05) is 6.54 Å². The Kier molecular flexibility index (Phi) is 4.96. The maximum atomic E-state index is 12.4. The molecule has 1 heterocycles. The van der Waals surface area contributed by atoms with Gasteiger partial charge in [0.2, 0.25) is 5.91 Å². The average Bonchev–Trinajstić information content (AvgIpc) is 2.45. The van der Waals surface area contributed by atoms with E-state index in [1.54, 1.807) is 0 Å². The Morgan fingerprint density at radius 1 is 1.38 bits per heavy atom. The third-order valence-corrected chi connectivity index (χ3v) is 3.89. The lowest BCUT2D eigenvalue weighted by atomic mass is 9.93. The molecule has 2 N–H and O–H groups in total. The zero-order valence-corrected chi connectivity index (χ0v) is 12.5. The fraction of sp³-hybridized carbons (Fsp3) is 0.500. The van der Waals surface area contributed by atoms with Crippen molar-refractivity contribution in [3.05, 3.63) is 35.4 Å². The third kappa shape index (κ3) is 3.61. The molecule has 2 rings (SSSR count). The molecule has 0 saturated carbocycles. The van der Waals surface area contributed by atoms with Gasteiger partial charge in [0, 0.05) is 25.4 Å². The van der Waals surface area contributed by atoms with Gasteiger partial charge in [0.15, 0.2) is 0 Å². The standard InChI is InChI=1S/C16H22N2O3/c1-3-17-11(2)8-15(19)18-10-13-7-5-4-6-12(13)9-14(18)16(20)21/h4-7,11,14,17H,3,8-10H2,1-2H3,(H,20,21)/t11?,14-/m0/s1. The molecule has 1 aliphatic heterocycles. The first kappa shape index (κ1) is 15.5. The minimum Gasteiger partial charge on any atom is -0.480 e. The molecule has 0 spiro atoms. The summed E-state index contributed by atoms with van der Waals surface area (Å²) in [6.45, 7) is 5.09. The Morgan fingerprint density at radius 2 is 2.05 bits per heavy atom. The minimum absolute atomic E-state index is 0.0501. The Balaban J connectivity index is 2.16. The van der Waals surface area contributed by atoms with Gasteiger partial charge in [-0.05, 0) is 24.6 Å². The van der Waals surface area contributed by atoms with Crippen LogP contribution in [-0.2, 0) is 22.6 Å². The summed E-state index contributed by atoms with van der Waals surface area (Å²) in [5, 5.41) is 12.6. The van der Waals surface area contributed by atoms with Crippen LogP contribution in [0.15, 0.2) is 24.3 Å². The molecule has 1 aromatic rings. The zero-order valence-electron chi connectivity index (χ0n) is 12.5. The number of amides is 1. The summed E-state index contributed by atoms with van der Waals surface area (Å²) in [5.74, 6) is -1.04. The van der Waals surface area contributed by atoms with Gasteiger partial charge in [0.1, 0.15) is 6.04 Å². The van der Waals surface area contributed by atoms with Crippen molar-refractivity contribution in [2.24, 2.45) is 0 Å². The van der Waals surface area contributed by atoms with Crippen LogP contribution < -0.4 is 5.32 Å². The van der Waals surface area contributed by atoms with Crippen molar-refractivity contribution in [3.63, 3.8) is 0 Å². The highest BCUT2D eigenvalue weighted by Gasteiger charge is 2.34. The van der Waals surface area contributed by atoms with Crippen molar-refractivity contribution < 1.29 is 14.7 Å². The first-order chi connectivity index (χ1) is 10.0. The van der Waals surface area contributed by atoms with E-state index < -0.39 is 12.0 Å². The number of nitrogens with one attached hydrogen (secondary N) is 1. The van der Waals surface area contributed by atoms with E-state index in [4.69, 9.17) is 0 Å². The van der Waals surface area contributed by atoms with Gasteiger partial charge >= 0.3 is 5.97 Å². The number of carbonyl (C=O) groups excluding carboxylic acids is 1. The zero-order chi connectivity index (χ0) is 15.4. The molecule has 2 atom stereocenters. The van der Waals surface area contributed by atoms with Crippen LogP contribution in [0.1, 0.15) is 31.4 Å².